The summed E-state index contributed by atoms with van der Waals surface area (Å²) >= 11 is 0. The highest BCUT2D eigenvalue weighted by Gasteiger charge is 2.34. The Hall–Kier alpha value is -4.67. The summed E-state index contributed by atoms with van der Waals surface area (Å²) < 4.78 is 57.3. The number of hydrogen-bond donors (Lipinski definition) is 3. The van der Waals surface area contributed by atoms with Crippen LogP contribution in [0.4, 0.5) is 24.5 Å². The lowest BCUT2D eigenvalue weighted by Crippen LogP contribution is -2.21. The van der Waals surface area contributed by atoms with Crippen molar-refractivity contribution in [3.63, 3.8) is 0 Å². The number of esters is 1. The van der Waals surface area contributed by atoms with Gasteiger partial charge in [-0.25, -0.2) is 9.59 Å². The Morgan fingerprint density at radius 1 is 0.976 bits per heavy atom. The number of nitrogens with two attached hydrogens (primary N) is 2. The summed E-state index contributed by atoms with van der Waals surface area (Å²) in [5.41, 5.74) is 13.0. The predicted molar refractivity (Wildman–Crippen MR) is 153 cm³/mol. The van der Waals surface area contributed by atoms with Crippen molar-refractivity contribution in [1.29, 1.82) is 0 Å². The molecule has 3 aromatic rings. The Balaban J connectivity index is 1.55. The van der Waals surface area contributed by atoms with Gasteiger partial charge in [0.2, 0.25) is 0 Å². The number of benzene rings is 3. The van der Waals surface area contributed by atoms with E-state index < -0.39 is 30.8 Å². The third-order valence-electron chi connectivity index (χ3n) is 6.26. The Morgan fingerprint density at radius 3 is 2.17 bits per heavy atom. The van der Waals surface area contributed by atoms with Crippen LogP contribution in [-0.4, -0.2) is 36.4 Å². The van der Waals surface area contributed by atoms with Crippen LogP contribution in [0.5, 0.6) is 11.5 Å². The molecule has 3 rings (SSSR count). The van der Waals surface area contributed by atoms with E-state index in [1.54, 1.807) is 0 Å². The Kier molecular flexibility index (Phi) is 11.2. The van der Waals surface area contributed by atoms with Crippen LogP contribution in [0.1, 0.15) is 53.2 Å². The quantitative estimate of drug-likeness (QED) is 0.0808. The van der Waals surface area contributed by atoms with Gasteiger partial charge in [0, 0.05) is 29.4 Å². The molecule has 0 heterocycles. The van der Waals surface area contributed by atoms with Crippen LogP contribution in [0, 0.1) is 0 Å². The zero-order chi connectivity index (χ0) is 30.7. The maximum absolute atomic E-state index is 14.7. The number of hydrogen-bond acceptors (Lipinski definition) is 7. The van der Waals surface area contributed by atoms with Gasteiger partial charge in [-0.05, 0) is 79.4 Å². The van der Waals surface area contributed by atoms with Gasteiger partial charge in [-0.15, -0.1) is 0 Å². The molecule has 224 valence electrons. The summed E-state index contributed by atoms with van der Waals surface area (Å²) in [7, 11) is 0. The van der Waals surface area contributed by atoms with E-state index in [-0.39, 0.29) is 34.7 Å². The fourth-order valence-electron chi connectivity index (χ4n) is 3.93. The summed E-state index contributed by atoms with van der Waals surface area (Å²) in [6.45, 7) is 1.67. The zero-order valence-electron chi connectivity index (χ0n) is 23.0. The predicted octanol–water partition coefficient (Wildman–Crippen LogP) is 6.38. The van der Waals surface area contributed by atoms with E-state index in [0.717, 1.165) is 0 Å². The summed E-state index contributed by atoms with van der Waals surface area (Å²) in [4.78, 5) is 23.6. The van der Waals surface area contributed by atoms with Crippen LogP contribution in [0.25, 0.3) is 6.08 Å². The van der Waals surface area contributed by atoms with Gasteiger partial charge in [-0.3, -0.25) is 4.39 Å². The Labute approximate surface area is 241 Å². The molecule has 0 aliphatic carbocycles. The first-order valence-corrected chi connectivity index (χ1v) is 13.3. The molecule has 11 heteroatoms. The second-order valence-electron chi connectivity index (χ2n) is 9.40. The van der Waals surface area contributed by atoms with Gasteiger partial charge in [0.1, 0.15) is 17.6 Å². The number of nitrogen functional groups attached to an aromatic ring is 2. The summed E-state index contributed by atoms with van der Waals surface area (Å²) in [5, 5.41) is 9.14. The lowest BCUT2D eigenvalue weighted by atomic mass is 10.00. The highest BCUT2D eigenvalue weighted by Crippen LogP contribution is 2.33. The molecule has 0 amide bonds. The molecule has 0 bridgehead atoms. The van der Waals surface area contributed by atoms with Gasteiger partial charge in [-0.1, -0.05) is 19.1 Å². The molecular weight excluding hydrogens is 553 g/mol. The lowest BCUT2D eigenvalue weighted by molar-refractivity contribution is -0.185. The maximum Gasteiger partial charge on any atom is 0.426 e. The highest BCUT2D eigenvalue weighted by molar-refractivity contribution is 5.91. The van der Waals surface area contributed by atoms with E-state index in [1.807, 2.05) is 6.92 Å². The van der Waals surface area contributed by atoms with E-state index >= 15 is 0 Å². The van der Waals surface area contributed by atoms with Crippen LogP contribution in [0.2, 0.25) is 0 Å². The van der Waals surface area contributed by atoms with Crippen molar-refractivity contribution in [1.82, 2.24) is 0 Å². The van der Waals surface area contributed by atoms with Gasteiger partial charge < -0.3 is 30.8 Å². The first kappa shape index (κ1) is 31.9. The molecule has 0 aliphatic heterocycles. The van der Waals surface area contributed by atoms with Gasteiger partial charge in [0.15, 0.2) is 0 Å². The van der Waals surface area contributed by atoms with Gasteiger partial charge in [0.25, 0.3) is 0 Å². The lowest BCUT2D eigenvalue weighted by Gasteiger charge is -2.19. The third kappa shape index (κ3) is 9.18. The number of ether oxygens (including phenoxy) is 3. The smallest absolute Gasteiger partial charge is 0.426 e. The SMILES string of the molecule is CCC(Cc1c(N)cc(C(=O)O)cc1N)OC(=O)C=Cc1ccc(OC(F)(F)c2ccc(OCCCCF)cc2)cc1. The molecule has 1 unspecified atom stereocenters. The number of carbonyl (C=O) groups excluding carboxylic acids is 1. The molecule has 0 saturated heterocycles. The maximum atomic E-state index is 14.7. The number of carbonyl (C=O) groups is 2. The van der Waals surface area contributed by atoms with Crippen molar-refractivity contribution in [2.75, 3.05) is 24.7 Å². The molecule has 0 aromatic heterocycles. The Morgan fingerprint density at radius 2 is 1.60 bits per heavy atom. The zero-order valence-corrected chi connectivity index (χ0v) is 23.0. The van der Waals surface area contributed by atoms with E-state index in [2.05, 4.69) is 0 Å². The van der Waals surface area contributed by atoms with E-state index in [4.69, 9.17) is 30.8 Å². The second-order valence-corrected chi connectivity index (χ2v) is 9.40. The number of alkyl halides is 3. The molecule has 0 spiro atoms. The number of aromatic carboxylic acids is 1. The number of carboxylic acid groups (broad SMARTS) is 1. The first-order chi connectivity index (χ1) is 20.0. The van der Waals surface area contributed by atoms with E-state index in [0.29, 0.717) is 42.7 Å². The number of halogens is 3. The molecule has 0 saturated carbocycles. The van der Waals surface area contributed by atoms with Gasteiger partial charge in [-0.2, -0.15) is 8.78 Å². The summed E-state index contributed by atoms with van der Waals surface area (Å²) in [5.74, 6) is -1.48. The molecule has 1 atom stereocenters. The fourth-order valence-corrected chi connectivity index (χ4v) is 3.93. The largest absolute Gasteiger partial charge is 0.494 e. The van der Waals surface area contributed by atoms with E-state index in [9.17, 15) is 22.8 Å². The monoisotopic (exact) mass is 586 g/mol. The van der Waals surface area contributed by atoms with Crippen molar-refractivity contribution in [2.24, 2.45) is 0 Å². The summed E-state index contributed by atoms with van der Waals surface area (Å²) in [6.07, 6.45) is 0.0524. The minimum absolute atomic E-state index is 0.0375. The summed E-state index contributed by atoms with van der Waals surface area (Å²) in [6, 6.07) is 13.5. The average molecular weight is 587 g/mol. The Bertz CT molecular complexity index is 1360. The van der Waals surface area contributed by atoms with Crippen LogP contribution in [-0.2, 0) is 22.1 Å². The van der Waals surface area contributed by atoms with Crippen molar-refractivity contribution < 1.29 is 42.1 Å². The van der Waals surface area contributed by atoms with Crippen LogP contribution in [0.3, 0.4) is 0 Å². The molecule has 0 radical (unpaired) electrons. The average Bonchev–Trinajstić information content (AvgIpc) is 2.96. The first-order valence-electron chi connectivity index (χ1n) is 13.3. The second kappa shape index (κ2) is 14.8. The number of rotatable bonds is 15. The molecular formula is C31H33F3N2O6. The molecule has 42 heavy (non-hydrogen) atoms. The van der Waals surface area contributed by atoms with Crippen molar-refractivity contribution in [3.05, 3.63) is 89.0 Å². The van der Waals surface area contributed by atoms with Crippen LogP contribution in [0.15, 0.2) is 66.7 Å². The van der Waals surface area contributed by atoms with Gasteiger partial charge in [0.05, 0.1) is 24.4 Å². The molecule has 5 N–H and O–H groups in total. The standard InChI is InChI=1S/C31H33F3N2O6/c1-2-23(19-26-27(35)17-21(30(38)39)18-28(26)36)41-29(37)14-7-20-5-10-25(11-6-20)42-31(33,34)22-8-12-24(13-9-22)40-16-4-3-15-32/h5-14,17-18,23H,2-4,15-16,19,35-36H2,1H3,(H,38,39). The number of anilines is 2. The van der Waals surface area contributed by atoms with Crippen molar-refractivity contribution >= 4 is 29.4 Å². The van der Waals surface area contributed by atoms with Gasteiger partial charge >= 0.3 is 18.0 Å². The fraction of sp³-hybridized carbons (Fsp3) is 0.290. The van der Waals surface area contributed by atoms with Crippen LogP contribution >= 0.6 is 0 Å². The topological polar surface area (TPSA) is 134 Å². The minimum atomic E-state index is -3.61. The molecule has 3 aromatic carbocycles. The molecule has 8 nitrogen and oxygen atoms in total. The van der Waals surface area contributed by atoms with Crippen LogP contribution < -0.4 is 20.9 Å². The number of carboxylic acids is 1. The highest BCUT2D eigenvalue weighted by atomic mass is 19.3. The van der Waals surface area contributed by atoms with Crippen molar-refractivity contribution in [2.45, 2.75) is 44.8 Å². The minimum Gasteiger partial charge on any atom is -0.494 e. The molecule has 0 aliphatic rings. The number of unbranched alkanes of at least 4 members (excludes halogenated alkanes) is 1. The molecule has 0 fully saturated rings. The normalized spacial score (nSPS) is 12.2. The third-order valence-corrected chi connectivity index (χ3v) is 6.26. The van der Waals surface area contributed by atoms with Crippen molar-refractivity contribution in [3.8, 4) is 11.5 Å². The van der Waals surface area contributed by atoms with E-state index in [1.165, 1.54) is 72.8 Å².